The summed E-state index contributed by atoms with van der Waals surface area (Å²) >= 11 is 0. The third-order valence-electron chi connectivity index (χ3n) is 3.43. The van der Waals surface area contributed by atoms with E-state index in [1.165, 1.54) is 5.57 Å². The zero-order valence-electron chi connectivity index (χ0n) is 11.1. The van der Waals surface area contributed by atoms with Crippen LogP contribution in [0.15, 0.2) is 24.3 Å². The maximum atomic E-state index is 6.25. The molecule has 88 valence electrons. The maximum absolute atomic E-state index is 6.25. The van der Waals surface area contributed by atoms with Gasteiger partial charge in [-0.05, 0) is 29.8 Å². The van der Waals surface area contributed by atoms with Crippen molar-refractivity contribution in [1.82, 2.24) is 0 Å². The van der Waals surface area contributed by atoms with Crippen LogP contribution < -0.4 is 0 Å². The lowest BCUT2D eigenvalue weighted by Crippen LogP contribution is -2.43. The normalized spacial score (nSPS) is 20.8. The molecule has 0 aromatic carbocycles. The predicted octanol–water partition coefficient (Wildman–Crippen LogP) is 3.90. The molecule has 0 aliphatic heterocycles. The van der Waals surface area contributed by atoms with Crippen molar-refractivity contribution in [3.63, 3.8) is 0 Å². The van der Waals surface area contributed by atoms with Crippen molar-refractivity contribution < 1.29 is 4.43 Å². The Labute approximate surface area is 101 Å². The molecule has 1 rings (SSSR count). The van der Waals surface area contributed by atoms with E-state index in [-0.39, 0.29) is 11.1 Å². The van der Waals surface area contributed by atoms with Gasteiger partial charge in [-0.15, -0.1) is 0 Å². The Morgan fingerprint density at radius 2 is 2.12 bits per heavy atom. The summed E-state index contributed by atoms with van der Waals surface area (Å²) in [6.07, 6.45) is 4.73. The van der Waals surface area contributed by atoms with E-state index in [2.05, 4.69) is 52.3 Å². The molecular formula is C14H22OSi. The molecule has 1 aliphatic carbocycles. The summed E-state index contributed by atoms with van der Waals surface area (Å²) in [5, 5.41) is 0.240. The fourth-order valence-electron chi connectivity index (χ4n) is 1.30. The molecule has 1 aliphatic rings. The molecule has 1 atom stereocenters. The Bertz CT molecular complexity index is 360. The van der Waals surface area contributed by atoms with Gasteiger partial charge in [0, 0.05) is 6.42 Å². The molecule has 0 spiro atoms. The summed E-state index contributed by atoms with van der Waals surface area (Å²) < 4.78 is 6.25. The Hall–Kier alpha value is -0.783. The van der Waals surface area contributed by atoms with Crippen molar-refractivity contribution >= 4 is 8.32 Å². The second-order valence-corrected chi connectivity index (χ2v) is 10.5. The number of hydrogen-bond donors (Lipinski definition) is 0. The molecule has 0 aromatic heterocycles. The van der Waals surface area contributed by atoms with Gasteiger partial charge < -0.3 is 4.43 Å². The van der Waals surface area contributed by atoms with E-state index in [1.54, 1.807) is 0 Å². The van der Waals surface area contributed by atoms with Crippen molar-refractivity contribution in [3.8, 4) is 11.8 Å². The SMILES string of the molecule is C=CC1=CC#CC(O[Si](C)(C)C(C)(C)C)C1. The standard InChI is InChI=1S/C14H22OSi/c1-7-12-9-8-10-13(11-12)15-16(5,6)14(2,3)4/h7,9,13H,1,11H2,2-6H3. The van der Waals surface area contributed by atoms with Crippen molar-refractivity contribution in [3.05, 3.63) is 24.3 Å². The molecule has 0 heterocycles. The third-order valence-corrected chi connectivity index (χ3v) is 7.91. The van der Waals surface area contributed by atoms with Gasteiger partial charge in [-0.1, -0.05) is 45.3 Å². The van der Waals surface area contributed by atoms with Crippen molar-refractivity contribution in [2.75, 3.05) is 0 Å². The zero-order chi connectivity index (χ0) is 12.4. The first-order valence-corrected chi connectivity index (χ1v) is 8.67. The van der Waals surface area contributed by atoms with E-state index >= 15 is 0 Å². The van der Waals surface area contributed by atoms with Crippen molar-refractivity contribution in [2.45, 2.75) is 51.4 Å². The van der Waals surface area contributed by atoms with Crippen molar-refractivity contribution in [2.24, 2.45) is 0 Å². The second kappa shape index (κ2) is 4.61. The van der Waals surface area contributed by atoms with Crippen molar-refractivity contribution in [1.29, 1.82) is 0 Å². The average molecular weight is 234 g/mol. The van der Waals surface area contributed by atoms with Gasteiger partial charge in [0.15, 0.2) is 8.32 Å². The van der Waals surface area contributed by atoms with E-state index in [0.717, 1.165) is 6.42 Å². The summed E-state index contributed by atoms with van der Waals surface area (Å²) in [7, 11) is -1.70. The highest BCUT2D eigenvalue weighted by Gasteiger charge is 2.39. The zero-order valence-corrected chi connectivity index (χ0v) is 12.1. The first-order chi connectivity index (χ1) is 7.26. The van der Waals surface area contributed by atoms with Gasteiger partial charge in [0.2, 0.25) is 0 Å². The fourth-order valence-corrected chi connectivity index (χ4v) is 2.50. The Morgan fingerprint density at radius 1 is 1.50 bits per heavy atom. The highest BCUT2D eigenvalue weighted by atomic mass is 28.4. The van der Waals surface area contributed by atoms with Gasteiger partial charge >= 0.3 is 0 Å². The van der Waals surface area contributed by atoms with Crippen LogP contribution in [0.5, 0.6) is 0 Å². The molecule has 16 heavy (non-hydrogen) atoms. The lowest BCUT2D eigenvalue weighted by Gasteiger charge is -2.38. The molecule has 0 saturated heterocycles. The Balaban J connectivity index is 2.70. The van der Waals surface area contributed by atoms with Crippen LogP contribution in [0.4, 0.5) is 0 Å². The number of allylic oxidation sites excluding steroid dienone is 2. The summed E-state index contributed by atoms with van der Waals surface area (Å²) in [5.41, 5.74) is 1.18. The third kappa shape index (κ3) is 3.10. The summed E-state index contributed by atoms with van der Waals surface area (Å²) in [6.45, 7) is 15.1. The Morgan fingerprint density at radius 3 is 2.62 bits per heavy atom. The summed E-state index contributed by atoms with van der Waals surface area (Å²) in [6, 6.07) is 0. The maximum Gasteiger partial charge on any atom is 0.193 e. The van der Waals surface area contributed by atoms with E-state index in [0.29, 0.717) is 0 Å². The minimum atomic E-state index is -1.70. The lowest BCUT2D eigenvalue weighted by molar-refractivity contribution is 0.233. The molecule has 0 aromatic rings. The van der Waals surface area contributed by atoms with Crippen LogP contribution in [0.2, 0.25) is 18.1 Å². The minimum Gasteiger partial charge on any atom is -0.403 e. The number of hydrogen-bond acceptors (Lipinski definition) is 1. The highest BCUT2D eigenvalue weighted by molar-refractivity contribution is 6.74. The summed E-state index contributed by atoms with van der Waals surface area (Å²) in [5.74, 6) is 6.17. The molecule has 1 unspecified atom stereocenters. The second-order valence-electron chi connectivity index (χ2n) is 5.78. The fraction of sp³-hybridized carbons (Fsp3) is 0.571. The minimum absolute atomic E-state index is 0.0545. The van der Waals surface area contributed by atoms with Gasteiger partial charge in [-0.25, -0.2) is 0 Å². The van der Waals surface area contributed by atoms with Crippen LogP contribution in [-0.4, -0.2) is 14.4 Å². The van der Waals surface area contributed by atoms with Gasteiger partial charge in [0.25, 0.3) is 0 Å². The first-order valence-electron chi connectivity index (χ1n) is 5.76. The van der Waals surface area contributed by atoms with E-state index in [1.807, 2.05) is 12.2 Å². The van der Waals surface area contributed by atoms with Gasteiger partial charge in [0.1, 0.15) is 6.10 Å². The molecule has 1 nitrogen and oxygen atoms in total. The smallest absolute Gasteiger partial charge is 0.193 e. The Kier molecular flexibility index (Phi) is 3.82. The predicted molar refractivity (Wildman–Crippen MR) is 72.7 cm³/mol. The van der Waals surface area contributed by atoms with Crippen LogP contribution >= 0.6 is 0 Å². The molecule has 2 heteroatoms. The van der Waals surface area contributed by atoms with E-state index in [9.17, 15) is 0 Å². The quantitative estimate of drug-likeness (QED) is 0.531. The van der Waals surface area contributed by atoms with Gasteiger partial charge in [-0.3, -0.25) is 0 Å². The van der Waals surface area contributed by atoms with Gasteiger partial charge in [0.05, 0.1) is 0 Å². The summed E-state index contributed by atoms with van der Waals surface area (Å²) in [4.78, 5) is 0. The van der Waals surface area contributed by atoms with Crippen LogP contribution in [0.25, 0.3) is 0 Å². The molecule has 0 saturated carbocycles. The molecular weight excluding hydrogens is 212 g/mol. The highest BCUT2D eigenvalue weighted by Crippen LogP contribution is 2.38. The number of rotatable bonds is 3. The van der Waals surface area contributed by atoms with Crippen LogP contribution in [0.1, 0.15) is 27.2 Å². The van der Waals surface area contributed by atoms with E-state index in [4.69, 9.17) is 4.43 Å². The van der Waals surface area contributed by atoms with Crippen LogP contribution in [0.3, 0.4) is 0 Å². The van der Waals surface area contributed by atoms with Crippen LogP contribution in [0, 0.1) is 11.8 Å². The lowest BCUT2D eigenvalue weighted by atomic mass is 10.1. The monoisotopic (exact) mass is 234 g/mol. The largest absolute Gasteiger partial charge is 0.403 e. The molecule has 0 bridgehead atoms. The molecule has 0 fully saturated rings. The van der Waals surface area contributed by atoms with Crippen LogP contribution in [-0.2, 0) is 4.43 Å². The molecule has 0 amide bonds. The molecule has 0 radical (unpaired) electrons. The topological polar surface area (TPSA) is 9.23 Å². The average Bonchev–Trinajstić information content (AvgIpc) is 2.15. The molecule has 0 N–H and O–H groups in total. The first kappa shape index (κ1) is 13.3. The van der Waals surface area contributed by atoms with E-state index < -0.39 is 8.32 Å². The van der Waals surface area contributed by atoms with Gasteiger partial charge in [-0.2, -0.15) is 0 Å².